The summed E-state index contributed by atoms with van der Waals surface area (Å²) in [4.78, 5) is 24.1. The van der Waals surface area contributed by atoms with E-state index >= 15 is 0 Å². The summed E-state index contributed by atoms with van der Waals surface area (Å²) in [5.74, 6) is -0.495. The second-order valence-corrected chi connectivity index (χ2v) is 3.80. The molecule has 0 N–H and O–H groups in total. The lowest BCUT2D eigenvalue weighted by molar-refractivity contribution is -0.141. The molecule has 0 saturated carbocycles. The van der Waals surface area contributed by atoms with Crippen molar-refractivity contribution in [2.24, 2.45) is 7.05 Å². The van der Waals surface area contributed by atoms with Crippen LogP contribution in [0.5, 0.6) is 0 Å². The van der Waals surface area contributed by atoms with Gasteiger partial charge >= 0.3 is 5.97 Å². The number of hydrogen-bond donors (Lipinski definition) is 0. The number of esters is 1. The molecule has 0 atom stereocenters. The second kappa shape index (κ2) is 6.58. The van der Waals surface area contributed by atoms with E-state index in [0.29, 0.717) is 6.54 Å². The number of carbonyl (C=O) groups is 2. The highest BCUT2D eigenvalue weighted by molar-refractivity contribution is 5.91. The van der Waals surface area contributed by atoms with E-state index in [1.165, 1.54) is 18.1 Å². The summed E-state index contributed by atoms with van der Waals surface area (Å²) in [7, 11) is 4.76. The number of likely N-dealkylation sites (N-methyl/N-ethyl adjacent to an activating group) is 1. The highest BCUT2D eigenvalue weighted by Gasteiger charge is 2.08. The van der Waals surface area contributed by atoms with Gasteiger partial charge in [-0.05, 0) is 12.1 Å². The van der Waals surface area contributed by atoms with E-state index in [1.54, 1.807) is 37.1 Å². The van der Waals surface area contributed by atoms with Crippen LogP contribution in [0.15, 0.2) is 18.3 Å². The SMILES string of the molecule is COC(=O)CCN(C)C(=O)C=Cc1ccnn1C. The first kappa shape index (κ1) is 14.0. The third-order valence-electron chi connectivity index (χ3n) is 2.51. The first-order valence-electron chi connectivity index (χ1n) is 5.52. The number of amides is 1. The van der Waals surface area contributed by atoms with Crippen molar-refractivity contribution in [3.63, 3.8) is 0 Å². The molecule has 1 heterocycles. The zero-order valence-electron chi connectivity index (χ0n) is 10.8. The smallest absolute Gasteiger partial charge is 0.307 e. The first-order chi connectivity index (χ1) is 8.54. The van der Waals surface area contributed by atoms with Gasteiger partial charge in [-0.1, -0.05) is 0 Å². The molecule has 6 heteroatoms. The van der Waals surface area contributed by atoms with E-state index in [9.17, 15) is 9.59 Å². The molecule has 1 aromatic rings. The maximum atomic E-state index is 11.7. The lowest BCUT2D eigenvalue weighted by atomic mass is 10.3. The number of methoxy groups -OCH3 is 1. The van der Waals surface area contributed by atoms with Gasteiger partial charge in [0.2, 0.25) is 5.91 Å². The van der Waals surface area contributed by atoms with Crippen LogP contribution in [0.1, 0.15) is 12.1 Å². The molecule has 0 spiro atoms. The Morgan fingerprint density at radius 3 is 2.83 bits per heavy atom. The Bertz CT molecular complexity index is 451. The van der Waals surface area contributed by atoms with Gasteiger partial charge in [0.1, 0.15) is 0 Å². The molecule has 0 bridgehead atoms. The predicted octanol–water partition coefficient (Wildman–Crippen LogP) is 0.455. The van der Waals surface area contributed by atoms with Crippen LogP contribution in [0.3, 0.4) is 0 Å². The van der Waals surface area contributed by atoms with Gasteiger partial charge in [-0.15, -0.1) is 0 Å². The second-order valence-electron chi connectivity index (χ2n) is 3.80. The number of aryl methyl sites for hydroxylation is 1. The van der Waals surface area contributed by atoms with Gasteiger partial charge in [0, 0.05) is 32.9 Å². The Morgan fingerprint density at radius 2 is 2.28 bits per heavy atom. The van der Waals surface area contributed by atoms with Crippen molar-refractivity contribution in [3.8, 4) is 0 Å². The van der Waals surface area contributed by atoms with E-state index < -0.39 is 0 Å². The van der Waals surface area contributed by atoms with E-state index in [2.05, 4.69) is 9.84 Å². The van der Waals surface area contributed by atoms with Crippen molar-refractivity contribution in [1.29, 1.82) is 0 Å². The Morgan fingerprint density at radius 1 is 1.56 bits per heavy atom. The monoisotopic (exact) mass is 251 g/mol. The quantitative estimate of drug-likeness (QED) is 0.563. The average molecular weight is 251 g/mol. The molecule has 0 aromatic carbocycles. The summed E-state index contributed by atoms with van der Waals surface area (Å²) >= 11 is 0. The molecular weight excluding hydrogens is 234 g/mol. The maximum absolute atomic E-state index is 11.7. The van der Waals surface area contributed by atoms with Crippen LogP contribution < -0.4 is 0 Å². The number of rotatable bonds is 5. The number of aromatic nitrogens is 2. The molecule has 98 valence electrons. The molecule has 0 fully saturated rings. The maximum Gasteiger partial charge on any atom is 0.307 e. The van der Waals surface area contributed by atoms with E-state index in [-0.39, 0.29) is 18.3 Å². The molecule has 1 amide bonds. The van der Waals surface area contributed by atoms with Crippen LogP contribution in [0, 0.1) is 0 Å². The molecular formula is C12H17N3O3. The Hall–Kier alpha value is -2.11. The lowest BCUT2D eigenvalue weighted by Gasteiger charge is -2.13. The van der Waals surface area contributed by atoms with E-state index in [0.717, 1.165) is 5.69 Å². The van der Waals surface area contributed by atoms with Gasteiger partial charge in [-0.3, -0.25) is 14.3 Å². The van der Waals surface area contributed by atoms with Crippen molar-refractivity contribution in [2.75, 3.05) is 20.7 Å². The van der Waals surface area contributed by atoms with Gasteiger partial charge in [-0.25, -0.2) is 0 Å². The zero-order valence-corrected chi connectivity index (χ0v) is 10.8. The molecule has 0 unspecified atom stereocenters. The summed E-state index contributed by atoms with van der Waals surface area (Å²) < 4.78 is 6.17. The minimum absolute atomic E-state index is 0.167. The van der Waals surface area contributed by atoms with Gasteiger partial charge in [0.15, 0.2) is 0 Å². The topological polar surface area (TPSA) is 64.4 Å². The standard InChI is InChI=1S/C12H17N3O3/c1-14(9-7-12(17)18-3)11(16)5-4-10-6-8-13-15(10)2/h4-6,8H,7,9H2,1-3H3. The number of hydrogen-bond acceptors (Lipinski definition) is 4. The summed E-state index contributed by atoms with van der Waals surface area (Å²) in [6.45, 7) is 0.335. The molecule has 0 aliphatic rings. The third-order valence-corrected chi connectivity index (χ3v) is 2.51. The highest BCUT2D eigenvalue weighted by atomic mass is 16.5. The fraction of sp³-hybridized carbons (Fsp3) is 0.417. The molecule has 0 saturated heterocycles. The molecule has 0 aliphatic carbocycles. The van der Waals surface area contributed by atoms with Gasteiger partial charge in [0.25, 0.3) is 0 Å². The largest absolute Gasteiger partial charge is 0.469 e. The number of carbonyl (C=O) groups excluding carboxylic acids is 2. The van der Waals surface area contributed by atoms with E-state index in [1.807, 2.05) is 0 Å². The Labute approximate surface area is 106 Å². The van der Waals surface area contributed by atoms with Crippen LogP contribution in [0.25, 0.3) is 6.08 Å². The Balaban J connectivity index is 2.47. The summed E-state index contributed by atoms with van der Waals surface area (Å²) in [6, 6.07) is 1.80. The van der Waals surface area contributed by atoms with Crippen LogP contribution in [0.4, 0.5) is 0 Å². The zero-order chi connectivity index (χ0) is 13.5. The van der Waals surface area contributed by atoms with Gasteiger partial charge < -0.3 is 9.64 Å². The average Bonchev–Trinajstić information content (AvgIpc) is 2.78. The van der Waals surface area contributed by atoms with Crippen molar-refractivity contribution >= 4 is 18.0 Å². The van der Waals surface area contributed by atoms with Crippen molar-refractivity contribution in [3.05, 3.63) is 24.0 Å². The summed E-state index contributed by atoms with van der Waals surface area (Å²) in [5.41, 5.74) is 0.838. The van der Waals surface area contributed by atoms with Crippen molar-refractivity contribution < 1.29 is 14.3 Å². The molecule has 6 nitrogen and oxygen atoms in total. The van der Waals surface area contributed by atoms with Gasteiger partial charge in [-0.2, -0.15) is 5.10 Å². The number of ether oxygens (including phenoxy) is 1. The first-order valence-corrected chi connectivity index (χ1v) is 5.52. The van der Waals surface area contributed by atoms with Crippen LogP contribution in [0.2, 0.25) is 0 Å². The van der Waals surface area contributed by atoms with Crippen LogP contribution in [-0.4, -0.2) is 47.3 Å². The van der Waals surface area contributed by atoms with E-state index in [4.69, 9.17) is 0 Å². The highest BCUT2D eigenvalue weighted by Crippen LogP contribution is 2.00. The fourth-order valence-corrected chi connectivity index (χ4v) is 1.30. The number of nitrogens with zero attached hydrogens (tertiary/aromatic N) is 3. The third kappa shape index (κ3) is 4.04. The van der Waals surface area contributed by atoms with Crippen molar-refractivity contribution in [2.45, 2.75) is 6.42 Å². The van der Waals surface area contributed by atoms with Crippen molar-refractivity contribution in [1.82, 2.24) is 14.7 Å². The van der Waals surface area contributed by atoms with Crippen LogP contribution >= 0.6 is 0 Å². The summed E-state index contributed by atoms with van der Waals surface area (Å²) in [6.07, 6.45) is 4.99. The van der Waals surface area contributed by atoms with Crippen LogP contribution in [-0.2, 0) is 21.4 Å². The molecule has 1 rings (SSSR count). The normalized spacial score (nSPS) is 10.6. The Kier molecular flexibility index (Phi) is 5.10. The molecule has 0 radical (unpaired) electrons. The molecule has 18 heavy (non-hydrogen) atoms. The minimum Gasteiger partial charge on any atom is -0.469 e. The fourth-order valence-electron chi connectivity index (χ4n) is 1.30. The molecule has 1 aromatic heterocycles. The molecule has 0 aliphatic heterocycles. The summed E-state index contributed by atoms with van der Waals surface area (Å²) in [5, 5.41) is 3.99. The van der Waals surface area contributed by atoms with Gasteiger partial charge in [0.05, 0.1) is 19.2 Å². The lowest BCUT2D eigenvalue weighted by Crippen LogP contribution is -2.27. The minimum atomic E-state index is -0.328. The predicted molar refractivity (Wildman–Crippen MR) is 66.5 cm³/mol.